The number of fused-ring (bicyclic) bond motifs is 2. The molecule has 5 heteroatoms. The molecule has 1 amide bonds. The first-order chi connectivity index (χ1) is 11.7. The van der Waals surface area contributed by atoms with E-state index >= 15 is 0 Å². The van der Waals surface area contributed by atoms with Crippen molar-refractivity contribution in [2.75, 3.05) is 13.9 Å². The minimum atomic E-state index is 0.0356. The maximum absolute atomic E-state index is 12.9. The highest BCUT2D eigenvalue weighted by molar-refractivity contribution is 5.94. The van der Waals surface area contributed by atoms with Gasteiger partial charge in [-0.25, -0.2) is 0 Å². The molecular weight excluding hydrogens is 306 g/mol. The van der Waals surface area contributed by atoms with E-state index in [4.69, 9.17) is 14.2 Å². The number of ether oxygens (including phenoxy) is 3. The quantitative estimate of drug-likeness (QED) is 0.851. The Kier molecular flexibility index (Phi) is 3.56. The summed E-state index contributed by atoms with van der Waals surface area (Å²) in [4.78, 5) is 14.8. The van der Waals surface area contributed by atoms with Crippen LogP contribution in [-0.4, -0.2) is 30.8 Å². The summed E-state index contributed by atoms with van der Waals surface area (Å²) in [5.74, 6) is 2.35. The van der Waals surface area contributed by atoms with Crippen molar-refractivity contribution >= 4 is 5.91 Å². The zero-order chi connectivity index (χ0) is 16.7. The van der Waals surface area contributed by atoms with Gasteiger partial charge in [0.15, 0.2) is 11.5 Å². The van der Waals surface area contributed by atoms with E-state index in [0.717, 1.165) is 29.2 Å². The molecule has 0 radical (unpaired) electrons. The molecule has 0 aromatic heterocycles. The fraction of sp³-hybridized carbons (Fsp3) is 0.316. The standard InChI is InChI=1S/C19H19NO4/c1-12-7-14-8-17-18(24-11-23-17)9-15(14)10-20(12)19(21)13-3-5-16(22-2)6-4-13/h3-6,8-9,12H,7,10-11H2,1-2H3. The van der Waals surface area contributed by atoms with Crippen LogP contribution in [0.3, 0.4) is 0 Å². The molecule has 0 saturated heterocycles. The predicted molar refractivity (Wildman–Crippen MR) is 88.6 cm³/mol. The van der Waals surface area contributed by atoms with Gasteiger partial charge in [-0.2, -0.15) is 0 Å². The number of hydrogen-bond donors (Lipinski definition) is 0. The van der Waals surface area contributed by atoms with Gasteiger partial charge in [-0.3, -0.25) is 4.79 Å². The average molecular weight is 325 g/mol. The van der Waals surface area contributed by atoms with Gasteiger partial charge in [-0.15, -0.1) is 0 Å². The molecule has 0 aliphatic carbocycles. The molecule has 0 fully saturated rings. The maximum atomic E-state index is 12.9. The lowest BCUT2D eigenvalue weighted by Crippen LogP contribution is -2.42. The first kappa shape index (κ1) is 14.9. The van der Waals surface area contributed by atoms with Crippen LogP contribution in [0.5, 0.6) is 17.2 Å². The normalized spacial score (nSPS) is 18.2. The first-order valence-electron chi connectivity index (χ1n) is 8.02. The highest BCUT2D eigenvalue weighted by atomic mass is 16.7. The zero-order valence-corrected chi connectivity index (χ0v) is 13.7. The molecule has 0 N–H and O–H groups in total. The van der Waals surface area contributed by atoms with Crippen LogP contribution in [0.4, 0.5) is 0 Å². The smallest absolute Gasteiger partial charge is 0.254 e. The molecular formula is C19H19NO4. The summed E-state index contributed by atoms with van der Waals surface area (Å²) in [6.45, 7) is 2.93. The van der Waals surface area contributed by atoms with Crippen molar-refractivity contribution < 1.29 is 19.0 Å². The van der Waals surface area contributed by atoms with Crippen molar-refractivity contribution in [3.8, 4) is 17.2 Å². The molecule has 124 valence electrons. The molecule has 5 nitrogen and oxygen atoms in total. The number of carbonyl (C=O) groups is 1. The molecule has 2 heterocycles. The van der Waals surface area contributed by atoms with E-state index in [1.165, 1.54) is 5.56 Å². The van der Waals surface area contributed by atoms with Crippen molar-refractivity contribution in [1.29, 1.82) is 0 Å². The number of rotatable bonds is 2. The van der Waals surface area contributed by atoms with Crippen molar-refractivity contribution in [3.63, 3.8) is 0 Å². The Hall–Kier alpha value is -2.69. The topological polar surface area (TPSA) is 48.0 Å². The summed E-state index contributed by atoms with van der Waals surface area (Å²) in [5, 5.41) is 0. The average Bonchev–Trinajstić information content (AvgIpc) is 3.06. The monoisotopic (exact) mass is 325 g/mol. The lowest BCUT2D eigenvalue weighted by Gasteiger charge is -2.35. The van der Waals surface area contributed by atoms with E-state index in [-0.39, 0.29) is 18.7 Å². The first-order valence-corrected chi connectivity index (χ1v) is 8.02. The van der Waals surface area contributed by atoms with Gasteiger partial charge in [0.1, 0.15) is 5.75 Å². The second-order valence-corrected chi connectivity index (χ2v) is 6.19. The third-order valence-electron chi connectivity index (χ3n) is 4.68. The Morgan fingerprint density at radius 2 is 1.79 bits per heavy atom. The van der Waals surface area contributed by atoms with Gasteiger partial charge in [-0.1, -0.05) is 0 Å². The number of hydrogen-bond acceptors (Lipinski definition) is 4. The molecule has 2 aliphatic rings. The highest BCUT2D eigenvalue weighted by Gasteiger charge is 2.29. The van der Waals surface area contributed by atoms with Crippen molar-refractivity contribution in [2.45, 2.75) is 25.9 Å². The Morgan fingerprint density at radius 1 is 1.12 bits per heavy atom. The third-order valence-corrected chi connectivity index (χ3v) is 4.68. The van der Waals surface area contributed by atoms with E-state index in [9.17, 15) is 4.79 Å². The lowest BCUT2D eigenvalue weighted by molar-refractivity contribution is 0.0658. The fourth-order valence-electron chi connectivity index (χ4n) is 3.30. The molecule has 1 atom stereocenters. The molecule has 2 aromatic carbocycles. The summed E-state index contributed by atoms with van der Waals surface area (Å²) < 4.78 is 16.1. The summed E-state index contributed by atoms with van der Waals surface area (Å²) in [5.41, 5.74) is 3.02. The van der Waals surface area contributed by atoms with Gasteiger partial charge >= 0.3 is 0 Å². The lowest BCUT2D eigenvalue weighted by atomic mass is 9.93. The predicted octanol–water partition coefficient (Wildman–Crippen LogP) is 3.01. The molecule has 4 rings (SSSR count). The van der Waals surface area contributed by atoms with Crippen molar-refractivity contribution in [3.05, 3.63) is 53.1 Å². The Labute approximate surface area is 140 Å². The van der Waals surface area contributed by atoms with Crippen LogP contribution in [0.2, 0.25) is 0 Å². The van der Waals surface area contributed by atoms with Crippen LogP contribution in [0.15, 0.2) is 36.4 Å². The molecule has 24 heavy (non-hydrogen) atoms. The second-order valence-electron chi connectivity index (χ2n) is 6.19. The summed E-state index contributed by atoms with van der Waals surface area (Å²) in [6.07, 6.45) is 0.813. The summed E-state index contributed by atoms with van der Waals surface area (Å²) in [6, 6.07) is 11.4. The van der Waals surface area contributed by atoms with Gasteiger partial charge in [-0.05, 0) is 60.9 Å². The number of methoxy groups -OCH3 is 1. The Bertz CT molecular complexity index is 785. The van der Waals surface area contributed by atoms with Crippen LogP contribution in [-0.2, 0) is 13.0 Å². The van der Waals surface area contributed by atoms with E-state index in [1.807, 2.05) is 41.3 Å². The van der Waals surface area contributed by atoms with E-state index in [0.29, 0.717) is 12.1 Å². The Morgan fingerprint density at radius 3 is 2.46 bits per heavy atom. The number of benzene rings is 2. The fourth-order valence-corrected chi connectivity index (χ4v) is 3.30. The zero-order valence-electron chi connectivity index (χ0n) is 13.7. The summed E-state index contributed by atoms with van der Waals surface area (Å²) >= 11 is 0. The van der Waals surface area contributed by atoms with E-state index in [1.54, 1.807) is 7.11 Å². The summed E-state index contributed by atoms with van der Waals surface area (Å²) in [7, 11) is 1.62. The highest BCUT2D eigenvalue weighted by Crippen LogP contribution is 2.38. The van der Waals surface area contributed by atoms with Gasteiger partial charge < -0.3 is 19.1 Å². The SMILES string of the molecule is COc1ccc(C(=O)N2Cc3cc4c(cc3CC2C)OCO4)cc1. The molecule has 2 aromatic rings. The molecule has 2 aliphatic heterocycles. The maximum Gasteiger partial charge on any atom is 0.254 e. The van der Waals surface area contributed by atoms with Crippen molar-refractivity contribution in [1.82, 2.24) is 4.90 Å². The van der Waals surface area contributed by atoms with Crippen LogP contribution in [0, 0.1) is 0 Å². The minimum Gasteiger partial charge on any atom is -0.497 e. The number of amides is 1. The molecule has 0 bridgehead atoms. The van der Waals surface area contributed by atoms with E-state index in [2.05, 4.69) is 6.92 Å². The molecule has 0 spiro atoms. The van der Waals surface area contributed by atoms with Gasteiger partial charge in [0.25, 0.3) is 5.91 Å². The van der Waals surface area contributed by atoms with Crippen LogP contribution in [0.25, 0.3) is 0 Å². The molecule has 1 unspecified atom stereocenters. The second kappa shape index (κ2) is 5.74. The van der Waals surface area contributed by atoms with Crippen LogP contribution < -0.4 is 14.2 Å². The van der Waals surface area contributed by atoms with Crippen LogP contribution in [0.1, 0.15) is 28.4 Å². The van der Waals surface area contributed by atoms with Gasteiger partial charge in [0, 0.05) is 18.2 Å². The van der Waals surface area contributed by atoms with Crippen molar-refractivity contribution in [2.24, 2.45) is 0 Å². The largest absolute Gasteiger partial charge is 0.497 e. The van der Waals surface area contributed by atoms with Gasteiger partial charge in [0.05, 0.1) is 7.11 Å². The van der Waals surface area contributed by atoms with E-state index < -0.39 is 0 Å². The van der Waals surface area contributed by atoms with Crippen LogP contribution >= 0.6 is 0 Å². The number of carbonyl (C=O) groups excluding carboxylic acids is 1. The third kappa shape index (κ3) is 2.46. The van der Waals surface area contributed by atoms with Gasteiger partial charge in [0.2, 0.25) is 6.79 Å². The minimum absolute atomic E-state index is 0.0356. The number of nitrogens with zero attached hydrogens (tertiary/aromatic N) is 1. The Balaban J connectivity index is 1.61. The molecule has 0 saturated carbocycles.